The van der Waals surface area contributed by atoms with Crippen LogP contribution in [0.1, 0.15) is 22.2 Å². The van der Waals surface area contributed by atoms with Crippen molar-refractivity contribution in [3.05, 3.63) is 57.9 Å². The van der Waals surface area contributed by atoms with Gasteiger partial charge < -0.3 is 15.5 Å². The van der Waals surface area contributed by atoms with E-state index in [1.807, 2.05) is 0 Å². The van der Waals surface area contributed by atoms with Gasteiger partial charge in [0.25, 0.3) is 11.6 Å². The molecule has 1 aromatic carbocycles. The van der Waals surface area contributed by atoms with Crippen molar-refractivity contribution in [2.75, 3.05) is 6.61 Å². The highest BCUT2D eigenvalue weighted by atomic mass is 16.6. The van der Waals surface area contributed by atoms with Gasteiger partial charge in [0.1, 0.15) is 11.8 Å². The summed E-state index contributed by atoms with van der Waals surface area (Å²) in [6.45, 7) is -0.503. The molecule has 9 nitrogen and oxygen atoms in total. The van der Waals surface area contributed by atoms with Gasteiger partial charge in [-0.1, -0.05) is 0 Å². The molecule has 2 unspecified atom stereocenters. The highest BCUT2D eigenvalue weighted by Crippen LogP contribution is 2.20. The Morgan fingerprint density at radius 2 is 2.04 bits per heavy atom. The number of carbonyl (C=O) groups excluding carboxylic acids is 1. The first kappa shape index (κ1) is 16.6. The van der Waals surface area contributed by atoms with Gasteiger partial charge in [-0.05, 0) is 23.8 Å². The fourth-order valence-electron chi connectivity index (χ4n) is 2.03. The number of nitro benzene ring substituents is 1. The zero-order valence-corrected chi connectivity index (χ0v) is 12.3. The minimum absolute atomic E-state index is 0.112. The van der Waals surface area contributed by atoms with Crippen molar-refractivity contribution in [3.8, 4) is 0 Å². The molecule has 1 amide bonds. The van der Waals surface area contributed by atoms with Crippen LogP contribution in [-0.4, -0.2) is 43.5 Å². The quantitative estimate of drug-likeness (QED) is 0.513. The number of hydrogen-bond donors (Lipinski definition) is 3. The second kappa shape index (κ2) is 6.99. The third kappa shape index (κ3) is 3.90. The van der Waals surface area contributed by atoms with Gasteiger partial charge in [0.05, 0.1) is 17.6 Å². The van der Waals surface area contributed by atoms with Gasteiger partial charge in [0, 0.05) is 25.4 Å². The maximum Gasteiger partial charge on any atom is 0.272 e. The molecular formula is C14H16N4O5. The lowest BCUT2D eigenvalue weighted by molar-refractivity contribution is -0.384. The van der Waals surface area contributed by atoms with E-state index in [0.29, 0.717) is 5.56 Å². The maximum absolute atomic E-state index is 12.0. The molecule has 2 rings (SSSR count). The highest BCUT2D eigenvalue weighted by molar-refractivity contribution is 5.92. The van der Waals surface area contributed by atoms with E-state index in [-0.39, 0.29) is 11.4 Å². The molecule has 0 fully saturated rings. The van der Waals surface area contributed by atoms with Crippen molar-refractivity contribution in [1.29, 1.82) is 0 Å². The monoisotopic (exact) mass is 320 g/mol. The van der Waals surface area contributed by atoms with Crippen LogP contribution in [0.15, 0.2) is 36.5 Å². The molecule has 0 saturated carbocycles. The predicted octanol–water partition coefficient (Wildman–Crippen LogP) is 0.153. The average molecular weight is 320 g/mol. The van der Waals surface area contributed by atoms with Crippen molar-refractivity contribution in [3.63, 3.8) is 0 Å². The number of nitrogens with one attached hydrogen (secondary N) is 1. The van der Waals surface area contributed by atoms with Gasteiger partial charge in [0.2, 0.25) is 0 Å². The van der Waals surface area contributed by atoms with Gasteiger partial charge in [-0.15, -0.1) is 0 Å². The molecular weight excluding hydrogens is 304 g/mol. The number of hydrogen-bond acceptors (Lipinski definition) is 6. The van der Waals surface area contributed by atoms with Crippen LogP contribution in [0.4, 0.5) is 5.69 Å². The van der Waals surface area contributed by atoms with Gasteiger partial charge in [0.15, 0.2) is 0 Å². The number of rotatable bonds is 6. The highest BCUT2D eigenvalue weighted by Gasteiger charge is 2.24. The number of aromatic nitrogens is 2. The topological polar surface area (TPSA) is 131 Å². The van der Waals surface area contributed by atoms with Crippen LogP contribution in [0.25, 0.3) is 0 Å². The van der Waals surface area contributed by atoms with E-state index in [9.17, 15) is 25.1 Å². The fourth-order valence-corrected chi connectivity index (χ4v) is 2.03. The van der Waals surface area contributed by atoms with E-state index < -0.39 is 29.6 Å². The molecule has 0 aliphatic rings. The van der Waals surface area contributed by atoms with Crippen molar-refractivity contribution in [2.45, 2.75) is 12.1 Å². The van der Waals surface area contributed by atoms with Crippen LogP contribution < -0.4 is 5.32 Å². The molecule has 1 heterocycles. The first-order chi connectivity index (χ1) is 10.9. The number of nitrogens with zero attached hydrogens (tertiary/aromatic N) is 3. The molecule has 0 bridgehead atoms. The van der Waals surface area contributed by atoms with Crippen LogP contribution in [0.5, 0.6) is 0 Å². The largest absolute Gasteiger partial charge is 0.394 e. The Bertz CT molecular complexity index is 697. The number of aryl methyl sites for hydroxylation is 1. The molecule has 0 aliphatic heterocycles. The van der Waals surface area contributed by atoms with Crippen LogP contribution >= 0.6 is 0 Å². The third-order valence-electron chi connectivity index (χ3n) is 3.29. The number of aliphatic hydroxyl groups is 2. The third-order valence-corrected chi connectivity index (χ3v) is 3.29. The summed E-state index contributed by atoms with van der Waals surface area (Å²) in [6, 6.07) is 5.77. The van der Waals surface area contributed by atoms with E-state index in [1.54, 1.807) is 13.2 Å². The first-order valence-corrected chi connectivity index (χ1v) is 6.76. The van der Waals surface area contributed by atoms with E-state index in [4.69, 9.17) is 0 Å². The van der Waals surface area contributed by atoms with Crippen molar-refractivity contribution >= 4 is 11.6 Å². The van der Waals surface area contributed by atoms with Gasteiger partial charge >= 0.3 is 0 Å². The summed E-state index contributed by atoms with van der Waals surface area (Å²) in [5.41, 5.74) is 0.386. The van der Waals surface area contributed by atoms with Crippen LogP contribution in [-0.2, 0) is 7.05 Å². The summed E-state index contributed by atoms with van der Waals surface area (Å²) < 4.78 is 1.45. The molecule has 0 spiro atoms. The summed E-state index contributed by atoms with van der Waals surface area (Å²) in [5, 5.41) is 36.7. The standard InChI is InChI=1S/C14H16N4O5/c1-17-7-6-11(16-17)14(21)15-12(8-19)13(20)9-2-4-10(5-3-9)18(22)23/h2-7,12-13,19-20H,8H2,1H3,(H,15,21). The van der Waals surface area contributed by atoms with E-state index in [2.05, 4.69) is 10.4 Å². The second-order valence-electron chi connectivity index (χ2n) is 4.93. The molecule has 3 N–H and O–H groups in total. The normalized spacial score (nSPS) is 13.3. The minimum atomic E-state index is -1.21. The van der Waals surface area contributed by atoms with E-state index in [1.165, 1.54) is 35.0 Å². The Morgan fingerprint density at radius 3 is 2.52 bits per heavy atom. The summed E-state index contributed by atoms with van der Waals surface area (Å²) in [6.07, 6.45) is 0.378. The van der Waals surface area contributed by atoms with Gasteiger partial charge in [-0.25, -0.2) is 0 Å². The Kier molecular flexibility index (Phi) is 5.04. The molecule has 122 valence electrons. The lowest BCUT2D eigenvalue weighted by Crippen LogP contribution is -2.42. The summed E-state index contributed by atoms with van der Waals surface area (Å²) >= 11 is 0. The van der Waals surface area contributed by atoms with Crippen LogP contribution in [0, 0.1) is 10.1 Å². The Morgan fingerprint density at radius 1 is 1.39 bits per heavy atom. The minimum Gasteiger partial charge on any atom is -0.394 e. The molecule has 0 saturated heterocycles. The average Bonchev–Trinajstić information content (AvgIpc) is 2.98. The maximum atomic E-state index is 12.0. The second-order valence-corrected chi connectivity index (χ2v) is 4.93. The van der Waals surface area contributed by atoms with Crippen LogP contribution in [0.2, 0.25) is 0 Å². The lowest BCUT2D eigenvalue weighted by Gasteiger charge is -2.22. The van der Waals surface area contributed by atoms with Crippen molar-refractivity contribution in [1.82, 2.24) is 15.1 Å². The zero-order chi connectivity index (χ0) is 17.0. The Balaban J connectivity index is 2.10. The first-order valence-electron chi connectivity index (χ1n) is 6.76. The number of non-ortho nitro benzene ring substituents is 1. The Hall–Kier alpha value is -2.78. The number of amides is 1. The molecule has 2 aromatic rings. The molecule has 1 aromatic heterocycles. The Labute approximate surface area is 131 Å². The molecule has 0 aliphatic carbocycles. The molecule has 0 radical (unpaired) electrons. The van der Waals surface area contributed by atoms with Gasteiger partial charge in [-0.3, -0.25) is 19.6 Å². The number of benzene rings is 1. The van der Waals surface area contributed by atoms with Crippen molar-refractivity contribution in [2.24, 2.45) is 7.05 Å². The molecule has 2 atom stereocenters. The van der Waals surface area contributed by atoms with Crippen molar-refractivity contribution < 1.29 is 19.9 Å². The summed E-state index contributed by atoms with van der Waals surface area (Å²) in [4.78, 5) is 22.1. The fraction of sp³-hybridized carbons (Fsp3) is 0.286. The molecule has 9 heteroatoms. The SMILES string of the molecule is Cn1ccc(C(=O)NC(CO)C(O)c2ccc([N+](=O)[O-])cc2)n1. The van der Waals surface area contributed by atoms with Crippen LogP contribution in [0.3, 0.4) is 0 Å². The summed E-state index contributed by atoms with van der Waals surface area (Å²) in [5.74, 6) is -0.536. The summed E-state index contributed by atoms with van der Waals surface area (Å²) in [7, 11) is 1.66. The van der Waals surface area contributed by atoms with Gasteiger partial charge in [-0.2, -0.15) is 5.10 Å². The van der Waals surface area contributed by atoms with E-state index in [0.717, 1.165) is 0 Å². The number of carbonyl (C=O) groups is 1. The predicted molar refractivity (Wildman–Crippen MR) is 79.6 cm³/mol. The lowest BCUT2D eigenvalue weighted by atomic mass is 10.0. The smallest absolute Gasteiger partial charge is 0.272 e. The zero-order valence-electron chi connectivity index (χ0n) is 12.3. The number of aliphatic hydroxyl groups excluding tert-OH is 2. The molecule has 23 heavy (non-hydrogen) atoms. The number of nitro groups is 1. The van der Waals surface area contributed by atoms with E-state index >= 15 is 0 Å².